The lowest BCUT2D eigenvalue weighted by Gasteiger charge is -2.30. The highest BCUT2D eigenvalue weighted by Gasteiger charge is 2.22. The van der Waals surface area contributed by atoms with Gasteiger partial charge in [-0.2, -0.15) is 0 Å². The Morgan fingerprint density at radius 1 is 0.509 bits per heavy atom. The molecule has 11 rings (SSSR count). The Morgan fingerprint density at radius 3 is 2.05 bits per heavy atom. The molecule has 0 saturated carbocycles. The number of anilines is 2. The van der Waals surface area contributed by atoms with Crippen LogP contribution in [-0.4, -0.2) is 4.57 Å². The summed E-state index contributed by atoms with van der Waals surface area (Å²) in [5.74, 6) is 0.312. The number of rotatable bonds is 6. The Bertz CT molecular complexity index is 3130. The van der Waals surface area contributed by atoms with Gasteiger partial charge in [0.15, 0.2) is 0 Å². The van der Waals surface area contributed by atoms with E-state index in [2.05, 4.69) is 210 Å². The number of benzene rings is 8. The molecule has 0 aliphatic heterocycles. The van der Waals surface area contributed by atoms with Crippen LogP contribution in [0.2, 0.25) is 0 Å². The van der Waals surface area contributed by atoms with Crippen LogP contribution in [0.15, 0.2) is 206 Å². The molecular formula is C52H36N2S. The monoisotopic (exact) mass is 720 g/mol. The molecule has 1 unspecified atom stereocenters. The van der Waals surface area contributed by atoms with Crippen LogP contribution < -0.4 is 4.90 Å². The molecule has 0 radical (unpaired) electrons. The second-order valence-corrected chi connectivity index (χ2v) is 15.5. The van der Waals surface area contributed by atoms with Crippen molar-refractivity contribution < 1.29 is 0 Å². The number of nitrogens with zero attached hydrogens (tertiary/aromatic N) is 2. The van der Waals surface area contributed by atoms with Crippen LogP contribution in [0.5, 0.6) is 0 Å². The zero-order valence-electron chi connectivity index (χ0n) is 30.1. The Labute approximate surface area is 324 Å². The second kappa shape index (κ2) is 13.0. The van der Waals surface area contributed by atoms with Gasteiger partial charge in [-0.3, -0.25) is 0 Å². The van der Waals surface area contributed by atoms with Gasteiger partial charge in [0.2, 0.25) is 0 Å². The van der Waals surface area contributed by atoms with Gasteiger partial charge < -0.3 is 9.47 Å². The normalized spacial score (nSPS) is 14.3. The summed E-state index contributed by atoms with van der Waals surface area (Å²) in [5, 5.41) is 7.76. The molecular weight excluding hydrogens is 685 g/mol. The number of fused-ring (bicyclic) bond motifs is 7. The highest BCUT2D eigenvalue weighted by atomic mass is 32.1. The van der Waals surface area contributed by atoms with Crippen LogP contribution in [-0.2, 0) is 0 Å². The summed E-state index contributed by atoms with van der Waals surface area (Å²) in [6.07, 6.45) is 8.11. The third kappa shape index (κ3) is 5.39. The van der Waals surface area contributed by atoms with Crippen LogP contribution in [0.4, 0.5) is 11.4 Å². The zero-order chi connectivity index (χ0) is 36.3. The molecule has 2 heterocycles. The summed E-state index contributed by atoms with van der Waals surface area (Å²) in [6, 6.07) is 66.5. The lowest BCUT2D eigenvalue weighted by Crippen LogP contribution is -2.17. The fraction of sp³-hybridized carbons (Fsp3) is 0.0385. The van der Waals surface area contributed by atoms with Gasteiger partial charge in [0.25, 0.3) is 0 Å². The van der Waals surface area contributed by atoms with E-state index in [9.17, 15) is 0 Å². The van der Waals surface area contributed by atoms with E-state index >= 15 is 0 Å². The minimum absolute atomic E-state index is 0.312. The summed E-state index contributed by atoms with van der Waals surface area (Å²) >= 11 is 1.92. The van der Waals surface area contributed by atoms with E-state index in [0.29, 0.717) is 5.92 Å². The minimum Gasteiger partial charge on any atom is -0.311 e. The van der Waals surface area contributed by atoms with E-state index in [0.717, 1.165) is 23.5 Å². The van der Waals surface area contributed by atoms with Crippen LogP contribution in [0.1, 0.15) is 17.9 Å². The average molecular weight is 721 g/mol. The van der Waals surface area contributed by atoms with E-state index in [1.807, 2.05) is 11.3 Å². The SMILES string of the molecule is C1=CC(c2cccc3c2sc2ccccc23)CC=C1N(c1ccc(-n2c3ccccc3c3cc4ccccc4cc32)cc1)c1cccc(-c2ccccc2)c1. The van der Waals surface area contributed by atoms with Gasteiger partial charge >= 0.3 is 0 Å². The first-order valence-electron chi connectivity index (χ1n) is 19.0. The molecule has 10 aromatic rings. The minimum atomic E-state index is 0.312. The molecule has 1 aliphatic carbocycles. The lowest BCUT2D eigenvalue weighted by atomic mass is 9.90. The van der Waals surface area contributed by atoms with Crippen molar-refractivity contribution in [2.45, 2.75) is 12.3 Å². The summed E-state index contributed by atoms with van der Waals surface area (Å²) in [7, 11) is 0. The van der Waals surface area contributed by atoms with Crippen LogP contribution in [0, 0.1) is 0 Å². The predicted molar refractivity (Wildman–Crippen MR) is 236 cm³/mol. The van der Waals surface area contributed by atoms with Crippen LogP contribution >= 0.6 is 11.3 Å². The smallest absolute Gasteiger partial charge is 0.0547 e. The number of hydrogen-bond donors (Lipinski definition) is 0. The van der Waals surface area contributed by atoms with Crippen molar-refractivity contribution >= 4 is 75.5 Å². The summed E-state index contributed by atoms with van der Waals surface area (Å²) in [4.78, 5) is 2.42. The van der Waals surface area contributed by atoms with Gasteiger partial charge in [0.05, 0.1) is 11.0 Å². The molecule has 0 N–H and O–H groups in total. The van der Waals surface area contributed by atoms with E-state index in [4.69, 9.17) is 0 Å². The number of thiophene rings is 1. The highest BCUT2D eigenvalue weighted by Crippen LogP contribution is 2.43. The predicted octanol–water partition coefficient (Wildman–Crippen LogP) is 14.7. The van der Waals surface area contributed by atoms with Crippen molar-refractivity contribution in [2.75, 3.05) is 4.90 Å². The van der Waals surface area contributed by atoms with E-state index in [1.54, 1.807) is 0 Å². The summed E-state index contributed by atoms with van der Waals surface area (Å²) < 4.78 is 5.17. The summed E-state index contributed by atoms with van der Waals surface area (Å²) in [6.45, 7) is 0. The number of para-hydroxylation sites is 1. The quantitative estimate of drug-likeness (QED) is 0.166. The Balaban J connectivity index is 1.01. The molecule has 8 aromatic carbocycles. The molecule has 1 aliphatic rings. The fourth-order valence-corrected chi connectivity index (χ4v) is 9.93. The molecule has 3 heteroatoms. The van der Waals surface area contributed by atoms with Crippen molar-refractivity contribution in [1.29, 1.82) is 0 Å². The Hall–Kier alpha value is -6.68. The molecule has 0 bridgehead atoms. The lowest BCUT2D eigenvalue weighted by molar-refractivity contribution is 0.849. The van der Waals surface area contributed by atoms with Crippen molar-refractivity contribution in [3.8, 4) is 16.8 Å². The number of allylic oxidation sites excluding steroid dienone is 3. The third-order valence-corrected chi connectivity index (χ3v) is 12.5. The maximum absolute atomic E-state index is 2.43. The topological polar surface area (TPSA) is 8.17 Å². The van der Waals surface area contributed by atoms with Crippen LogP contribution in [0.3, 0.4) is 0 Å². The van der Waals surface area contributed by atoms with Crippen molar-refractivity contribution in [3.63, 3.8) is 0 Å². The molecule has 0 fully saturated rings. The van der Waals surface area contributed by atoms with Crippen LogP contribution in [0.25, 0.3) is 69.6 Å². The molecule has 0 spiro atoms. The molecule has 2 nitrogen and oxygen atoms in total. The molecule has 260 valence electrons. The van der Waals surface area contributed by atoms with Crippen molar-refractivity contribution in [3.05, 3.63) is 211 Å². The van der Waals surface area contributed by atoms with Gasteiger partial charge in [-0.25, -0.2) is 0 Å². The molecule has 55 heavy (non-hydrogen) atoms. The van der Waals surface area contributed by atoms with Crippen molar-refractivity contribution in [2.24, 2.45) is 0 Å². The number of aromatic nitrogens is 1. The standard InChI is InChI=1S/C52H36N2S/c1-2-12-35(13-3-1)37-16-10-17-43(32-37)53(40-26-24-36(25-27-40)44-20-11-21-47-46-19-7-9-23-51(46)55-52(44)47)41-28-30-42(31-29-41)54-49-22-8-6-18-45(49)48-33-38-14-4-5-15-39(38)34-50(48)54/h1-24,26-34,36H,25H2. The van der Waals surface area contributed by atoms with Gasteiger partial charge in [-0.15, -0.1) is 11.3 Å². The highest BCUT2D eigenvalue weighted by molar-refractivity contribution is 7.26. The molecule has 1 atom stereocenters. The molecule has 0 amide bonds. The van der Waals surface area contributed by atoms with Gasteiger partial charge in [-0.1, -0.05) is 133 Å². The maximum Gasteiger partial charge on any atom is 0.0547 e. The van der Waals surface area contributed by atoms with Gasteiger partial charge in [-0.05, 0) is 101 Å². The van der Waals surface area contributed by atoms with E-state index in [1.165, 1.54) is 75.1 Å². The zero-order valence-corrected chi connectivity index (χ0v) is 31.0. The largest absolute Gasteiger partial charge is 0.311 e. The molecule has 0 saturated heterocycles. The third-order valence-electron chi connectivity index (χ3n) is 11.3. The first-order valence-corrected chi connectivity index (χ1v) is 19.8. The Kier molecular flexibility index (Phi) is 7.53. The van der Waals surface area contributed by atoms with Gasteiger partial charge in [0, 0.05) is 59.6 Å². The van der Waals surface area contributed by atoms with E-state index < -0.39 is 0 Å². The average Bonchev–Trinajstić information content (AvgIpc) is 3.79. The Morgan fingerprint density at radius 2 is 1.22 bits per heavy atom. The maximum atomic E-state index is 2.43. The fourth-order valence-electron chi connectivity index (χ4n) is 8.65. The second-order valence-electron chi connectivity index (χ2n) is 14.5. The summed E-state index contributed by atoms with van der Waals surface area (Å²) in [5.41, 5.74) is 10.8. The number of hydrogen-bond acceptors (Lipinski definition) is 2. The van der Waals surface area contributed by atoms with E-state index in [-0.39, 0.29) is 0 Å². The van der Waals surface area contributed by atoms with Crippen molar-refractivity contribution in [1.82, 2.24) is 4.57 Å². The van der Waals surface area contributed by atoms with Gasteiger partial charge in [0.1, 0.15) is 0 Å². The molecule has 2 aromatic heterocycles. The first-order chi connectivity index (χ1) is 27.3. The first kappa shape index (κ1) is 31.8.